The Labute approximate surface area is 200 Å². The van der Waals surface area contributed by atoms with Crippen molar-refractivity contribution in [2.75, 3.05) is 11.9 Å². The third-order valence-corrected chi connectivity index (χ3v) is 9.74. The van der Waals surface area contributed by atoms with Crippen molar-refractivity contribution in [3.05, 3.63) is 58.6 Å². The van der Waals surface area contributed by atoms with Gasteiger partial charge in [0.2, 0.25) is 0 Å². The molecule has 0 spiro atoms. The standard InChI is InChI=1S/C23H24ClF2NO6S/c24-17-5-1-12(22(30)27-15-4-6-18(25)19(26)10-15)7-20(17)34(32,33)16-8-13-2-3-14(9-16)23(13,31)21(29)11-28/h1,4-7,10,13-14,16,21,28-29,31H,2-3,8-9,11H2,(H,27,30)/t13-,14?,16-,21+,23-/m0/s1. The molecule has 2 aromatic carbocycles. The number of aliphatic hydroxyl groups excluding tert-OH is 2. The second kappa shape index (κ2) is 9.16. The first-order valence-electron chi connectivity index (χ1n) is 10.8. The number of halogens is 3. The maximum atomic E-state index is 13.5. The molecular weight excluding hydrogens is 492 g/mol. The summed E-state index contributed by atoms with van der Waals surface area (Å²) in [6.45, 7) is -0.623. The van der Waals surface area contributed by atoms with Crippen LogP contribution in [0.3, 0.4) is 0 Å². The molecule has 2 aromatic rings. The van der Waals surface area contributed by atoms with E-state index in [9.17, 15) is 37.3 Å². The SMILES string of the molecule is O=C(Nc1ccc(F)c(F)c1)c1ccc(Cl)c(S(=O)(=O)[C@@H]2CC3CC[C@@H](C2)[C@@]3(O)[C@H](O)CO)c1. The van der Waals surface area contributed by atoms with Crippen molar-refractivity contribution in [1.29, 1.82) is 0 Å². The lowest BCUT2D eigenvalue weighted by Crippen LogP contribution is -2.56. The molecule has 184 valence electrons. The maximum Gasteiger partial charge on any atom is 0.255 e. The molecule has 0 heterocycles. The van der Waals surface area contributed by atoms with Gasteiger partial charge in [-0.2, -0.15) is 0 Å². The molecule has 7 nitrogen and oxygen atoms in total. The van der Waals surface area contributed by atoms with Gasteiger partial charge in [0.1, 0.15) is 6.10 Å². The van der Waals surface area contributed by atoms with Gasteiger partial charge in [-0.3, -0.25) is 4.79 Å². The third kappa shape index (κ3) is 4.22. The summed E-state index contributed by atoms with van der Waals surface area (Å²) in [6.07, 6.45) is -0.161. The van der Waals surface area contributed by atoms with Crippen molar-refractivity contribution in [1.82, 2.24) is 0 Å². The van der Waals surface area contributed by atoms with E-state index in [1.807, 2.05) is 0 Å². The van der Waals surface area contributed by atoms with E-state index in [-0.39, 0.29) is 34.0 Å². The summed E-state index contributed by atoms with van der Waals surface area (Å²) >= 11 is 6.20. The maximum absolute atomic E-state index is 13.5. The molecule has 2 aliphatic carbocycles. The fourth-order valence-corrected chi connectivity index (χ4v) is 7.71. The Morgan fingerprint density at radius 1 is 1.12 bits per heavy atom. The number of fused-ring (bicyclic) bond motifs is 2. The number of carbonyl (C=O) groups is 1. The van der Waals surface area contributed by atoms with Crippen molar-refractivity contribution in [2.45, 2.75) is 47.5 Å². The third-order valence-electron chi connectivity index (χ3n) is 7.09. The fraction of sp³-hybridized carbons (Fsp3) is 0.435. The smallest absolute Gasteiger partial charge is 0.255 e. The number of rotatable bonds is 6. The van der Waals surface area contributed by atoms with Crippen molar-refractivity contribution in [2.24, 2.45) is 11.8 Å². The monoisotopic (exact) mass is 515 g/mol. The van der Waals surface area contributed by atoms with Crippen molar-refractivity contribution in [3.63, 3.8) is 0 Å². The molecule has 0 aliphatic heterocycles. The molecule has 1 amide bonds. The molecule has 34 heavy (non-hydrogen) atoms. The zero-order valence-electron chi connectivity index (χ0n) is 17.9. The highest BCUT2D eigenvalue weighted by molar-refractivity contribution is 7.92. The van der Waals surface area contributed by atoms with Gasteiger partial charge in [0.25, 0.3) is 5.91 Å². The van der Waals surface area contributed by atoms with Crippen molar-refractivity contribution in [3.8, 4) is 0 Å². The largest absolute Gasteiger partial charge is 0.394 e. The van der Waals surface area contributed by atoms with E-state index in [2.05, 4.69) is 5.32 Å². The summed E-state index contributed by atoms with van der Waals surface area (Å²) in [4.78, 5) is 12.4. The molecule has 0 saturated heterocycles. The number of nitrogens with one attached hydrogen (secondary N) is 1. The average molecular weight is 516 g/mol. The van der Waals surface area contributed by atoms with Crippen LogP contribution in [-0.2, 0) is 9.84 Å². The van der Waals surface area contributed by atoms with Gasteiger partial charge in [-0.05, 0) is 67.9 Å². The molecular formula is C23H24ClF2NO6S. The summed E-state index contributed by atoms with van der Waals surface area (Å²) < 4.78 is 53.5. The zero-order valence-corrected chi connectivity index (χ0v) is 19.5. The number of sulfone groups is 1. The summed E-state index contributed by atoms with van der Waals surface area (Å²) in [5.74, 6) is -3.96. The van der Waals surface area contributed by atoms with E-state index in [1.54, 1.807) is 0 Å². The summed E-state index contributed by atoms with van der Waals surface area (Å²) in [5.41, 5.74) is -1.59. The first-order chi connectivity index (χ1) is 16.0. The summed E-state index contributed by atoms with van der Waals surface area (Å²) in [6, 6.07) is 6.56. The van der Waals surface area contributed by atoms with Gasteiger partial charge in [0, 0.05) is 17.3 Å². The van der Waals surface area contributed by atoms with Gasteiger partial charge >= 0.3 is 0 Å². The minimum Gasteiger partial charge on any atom is -0.394 e. The highest BCUT2D eigenvalue weighted by Gasteiger charge is 2.58. The van der Waals surface area contributed by atoms with Crippen LogP contribution >= 0.6 is 11.6 Å². The Morgan fingerprint density at radius 3 is 2.35 bits per heavy atom. The van der Waals surface area contributed by atoms with Crippen LogP contribution in [0, 0.1) is 23.5 Å². The van der Waals surface area contributed by atoms with Crippen LogP contribution in [-0.4, -0.2) is 53.2 Å². The number of carbonyl (C=O) groups excluding carboxylic acids is 1. The molecule has 2 fully saturated rings. The van der Waals surface area contributed by atoms with Gasteiger partial charge in [-0.15, -0.1) is 0 Å². The Balaban J connectivity index is 1.59. The van der Waals surface area contributed by atoms with Crippen LogP contribution in [0.1, 0.15) is 36.0 Å². The fourth-order valence-electron chi connectivity index (χ4n) is 5.31. The summed E-state index contributed by atoms with van der Waals surface area (Å²) in [5, 5.41) is 31.9. The topological polar surface area (TPSA) is 124 Å². The first-order valence-corrected chi connectivity index (χ1v) is 12.7. The number of aliphatic hydroxyl groups is 3. The molecule has 2 saturated carbocycles. The molecule has 4 N–H and O–H groups in total. The van der Waals surface area contributed by atoms with Crippen LogP contribution in [0.5, 0.6) is 0 Å². The van der Waals surface area contributed by atoms with E-state index in [1.165, 1.54) is 18.2 Å². The lowest BCUT2D eigenvalue weighted by molar-refractivity contribution is -0.154. The van der Waals surface area contributed by atoms with Gasteiger partial charge in [-0.25, -0.2) is 17.2 Å². The molecule has 0 aromatic heterocycles. The molecule has 11 heteroatoms. The second-order valence-electron chi connectivity index (χ2n) is 8.92. The van der Waals surface area contributed by atoms with Crippen LogP contribution in [0.25, 0.3) is 0 Å². The number of benzene rings is 2. The zero-order chi connectivity index (χ0) is 24.8. The molecule has 2 bridgehead atoms. The highest BCUT2D eigenvalue weighted by atomic mass is 35.5. The molecule has 5 atom stereocenters. The van der Waals surface area contributed by atoms with E-state index < -0.39 is 62.8 Å². The Morgan fingerprint density at radius 2 is 1.76 bits per heavy atom. The first kappa shape index (κ1) is 25.0. The Kier molecular flexibility index (Phi) is 6.73. The number of amides is 1. The molecule has 4 rings (SSSR count). The van der Waals surface area contributed by atoms with Gasteiger partial charge in [-0.1, -0.05) is 11.6 Å². The van der Waals surface area contributed by atoms with E-state index in [0.717, 1.165) is 18.2 Å². The van der Waals surface area contributed by atoms with Gasteiger partial charge in [0.05, 0.1) is 27.4 Å². The van der Waals surface area contributed by atoms with Crippen LogP contribution in [0.4, 0.5) is 14.5 Å². The van der Waals surface area contributed by atoms with E-state index in [4.69, 9.17) is 11.6 Å². The minimum absolute atomic E-state index is 0.00570. The highest BCUT2D eigenvalue weighted by Crippen LogP contribution is 2.53. The van der Waals surface area contributed by atoms with E-state index >= 15 is 0 Å². The Bertz CT molecular complexity index is 1210. The predicted octanol–water partition coefficient (Wildman–Crippen LogP) is 2.92. The van der Waals surface area contributed by atoms with Crippen molar-refractivity contribution < 1.29 is 37.3 Å². The molecule has 2 aliphatic rings. The van der Waals surface area contributed by atoms with Crippen molar-refractivity contribution >= 4 is 33.0 Å². The summed E-state index contributed by atoms with van der Waals surface area (Å²) in [7, 11) is -4.02. The minimum atomic E-state index is -4.02. The lowest BCUT2D eigenvalue weighted by Gasteiger charge is -2.44. The van der Waals surface area contributed by atoms with E-state index in [0.29, 0.717) is 12.8 Å². The average Bonchev–Trinajstić information content (AvgIpc) is 2.97. The lowest BCUT2D eigenvalue weighted by atomic mass is 9.71. The number of anilines is 1. The number of hydrogen-bond donors (Lipinski definition) is 4. The normalized spacial score (nSPS) is 27.4. The molecule has 1 unspecified atom stereocenters. The second-order valence-corrected chi connectivity index (χ2v) is 11.5. The number of hydrogen-bond acceptors (Lipinski definition) is 6. The van der Waals surface area contributed by atoms with Crippen LogP contribution in [0.2, 0.25) is 5.02 Å². The molecule has 0 radical (unpaired) electrons. The van der Waals surface area contributed by atoms with Gasteiger partial charge < -0.3 is 20.6 Å². The van der Waals surface area contributed by atoms with Gasteiger partial charge in [0.15, 0.2) is 21.5 Å². The van der Waals surface area contributed by atoms with Crippen LogP contribution in [0.15, 0.2) is 41.3 Å². The van der Waals surface area contributed by atoms with Crippen LogP contribution < -0.4 is 5.32 Å². The predicted molar refractivity (Wildman–Crippen MR) is 120 cm³/mol. The quantitative estimate of drug-likeness (QED) is 0.469. The Hall–Kier alpha value is -2.11.